The summed E-state index contributed by atoms with van der Waals surface area (Å²) in [5, 5.41) is 0. The molecular formula is C24H21N. The van der Waals surface area contributed by atoms with Crippen LogP contribution in [0.3, 0.4) is 0 Å². The molecule has 1 aliphatic carbocycles. The third kappa shape index (κ3) is 2.49. The normalized spacial score (nSPS) is 16.6. The van der Waals surface area contributed by atoms with Gasteiger partial charge in [-0.25, -0.2) is 0 Å². The monoisotopic (exact) mass is 323 g/mol. The van der Waals surface area contributed by atoms with Crippen molar-refractivity contribution in [2.45, 2.75) is 5.41 Å². The number of rotatable bonds is 4. The summed E-state index contributed by atoms with van der Waals surface area (Å²) in [4.78, 5) is 0. The van der Waals surface area contributed by atoms with Crippen molar-refractivity contribution in [2.24, 2.45) is 11.7 Å². The lowest BCUT2D eigenvalue weighted by Crippen LogP contribution is -2.39. The second-order valence-electron chi connectivity index (χ2n) is 6.44. The lowest BCUT2D eigenvalue weighted by Gasteiger charge is -2.41. The summed E-state index contributed by atoms with van der Waals surface area (Å²) in [5.74, 6) is 0.0831. The van der Waals surface area contributed by atoms with Crippen molar-refractivity contribution >= 4 is 0 Å². The van der Waals surface area contributed by atoms with Crippen LogP contribution in [0.5, 0.6) is 0 Å². The fourth-order valence-electron chi connectivity index (χ4n) is 4.03. The van der Waals surface area contributed by atoms with Crippen LogP contribution in [0.4, 0.5) is 0 Å². The average molecular weight is 323 g/mol. The number of benzene rings is 3. The first-order chi connectivity index (χ1) is 12.3. The van der Waals surface area contributed by atoms with Gasteiger partial charge in [0.05, 0.1) is 5.41 Å². The highest BCUT2D eigenvalue weighted by atomic mass is 14.6. The van der Waals surface area contributed by atoms with E-state index in [0.29, 0.717) is 0 Å². The number of hydrogen-bond acceptors (Lipinski definition) is 1. The Hall–Kier alpha value is -3.06. The Kier molecular flexibility index (Phi) is 3.99. The fourth-order valence-corrected chi connectivity index (χ4v) is 4.03. The summed E-state index contributed by atoms with van der Waals surface area (Å²) in [7, 11) is 0. The molecule has 122 valence electrons. The Labute approximate surface area is 149 Å². The summed E-state index contributed by atoms with van der Waals surface area (Å²) in [6.07, 6.45) is 6.32. The van der Waals surface area contributed by atoms with E-state index in [1.807, 2.05) is 6.08 Å². The standard InChI is InChI=1S/C24H21N/c25-23-18-10-17-22(23)24(19-11-4-1-5-12-19,20-13-6-2-7-14-20)21-15-8-3-9-16-21/h1-18,22H,25H2. The maximum Gasteiger partial charge on any atom is 0.0568 e. The van der Waals surface area contributed by atoms with Gasteiger partial charge in [-0.05, 0) is 22.8 Å². The third-order valence-corrected chi connectivity index (χ3v) is 5.11. The van der Waals surface area contributed by atoms with Crippen LogP contribution in [0.25, 0.3) is 0 Å². The minimum absolute atomic E-state index is 0.0831. The van der Waals surface area contributed by atoms with Gasteiger partial charge < -0.3 is 5.73 Å². The van der Waals surface area contributed by atoms with E-state index < -0.39 is 0 Å². The molecule has 4 rings (SSSR count). The molecule has 1 nitrogen and oxygen atoms in total. The smallest absolute Gasteiger partial charge is 0.0568 e. The molecule has 0 saturated carbocycles. The summed E-state index contributed by atoms with van der Waals surface area (Å²) in [5.41, 5.74) is 10.8. The van der Waals surface area contributed by atoms with Crippen molar-refractivity contribution in [3.05, 3.63) is 132 Å². The van der Waals surface area contributed by atoms with Gasteiger partial charge >= 0.3 is 0 Å². The van der Waals surface area contributed by atoms with E-state index in [4.69, 9.17) is 5.73 Å². The van der Waals surface area contributed by atoms with Gasteiger partial charge in [-0.15, -0.1) is 0 Å². The van der Waals surface area contributed by atoms with Crippen LogP contribution in [-0.2, 0) is 5.41 Å². The largest absolute Gasteiger partial charge is 0.402 e. The first-order valence-electron chi connectivity index (χ1n) is 8.64. The first kappa shape index (κ1) is 15.5. The van der Waals surface area contributed by atoms with E-state index in [1.165, 1.54) is 16.7 Å². The lowest BCUT2D eigenvalue weighted by molar-refractivity contribution is 0.504. The highest BCUT2D eigenvalue weighted by Crippen LogP contribution is 2.48. The molecule has 1 heteroatoms. The molecule has 0 radical (unpaired) electrons. The Bertz CT molecular complexity index is 796. The van der Waals surface area contributed by atoms with Gasteiger partial charge in [-0.1, -0.05) is 103 Å². The first-order valence-corrected chi connectivity index (χ1v) is 8.64. The zero-order valence-corrected chi connectivity index (χ0v) is 14.0. The summed E-state index contributed by atoms with van der Waals surface area (Å²) >= 11 is 0. The van der Waals surface area contributed by atoms with Crippen molar-refractivity contribution in [1.29, 1.82) is 0 Å². The quantitative estimate of drug-likeness (QED) is 0.668. The number of allylic oxidation sites excluding steroid dienone is 3. The van der Waals surface area contributed by atoms with E-state index >= 15 is 0 Å². The number of nitrogens with two attached hydrogens (primary N) is 1. The van der Waals surface area contributed by atoms with Gasteiger partial charge in [0.15, 0.2) is 0 Å². The summed E-state index contributed by atoms with van der Waals surface area (Å²) in [6.45, 7) is 0. The number of hydrogen-bond donors (Lipinski definition) is 1. The molecule has 1 unspecified atom stereocenters. The van der Waals surface area contributed by atoms with Crippen molar-refractivity contribution < 1.29 is 0 Å². The van der Waals surface area contributed by atoms with Crippen molar-refractivity contribution in [1.82, 2.24) is 0 Å². The van der Waals surface area contributed by atoms with Crippen LogP contribution in [0.1, 0.15) is 16.7 Å². The minimum atomic E-state index is -0.350. The summed E-state index contributed by atoms with van der Waals surface area (Å²) < 4.78 is 0. The maximum atomic E-state index is 6.48. The average Bonchev–Trinajstić information content (AvgIpc) is 3.12. The van der Waals surface area contributed by atoms with Gasteiger partial charge in [0, 0.05) is 11.6 Å². The van der Waals surface area contributed by atoms with Gasteiger partial charge in [0.1, 0.15) is 0 Å². The predicted octanol–water partition coefficient (Wildman–Crippen LogP) is 5.05. The SMILES string of the molecule is NC1=CC=CC1C(c1ccccc1)(c1ccccc1)c1ccccc1. The Balaban J connectivity index is 2.09. The molecule has 0 heterocycles. The Morgan fingerprint density at radius 2 is 1.00 bits per heavy atom. The second kappa shape index (κ2) is 6.45. The van der Waals surface area contributed by atoms with Gasteiger partial charge in [-0.3, -0.25) is 0 Å². The molecule has 0 aromatic heterocycles. The van der Waals surface area contributed by atoms with Crippen molar-refractivity contribution in [2.75, 3.05) is 0 Å². The van der Waals surface area contributed by atoms with Gasteiger partial charge in [0.2, 0.25) is 0 Å². The molecule has 1 atom stereocenters. The minimum Gasteiger partial charge on any atom is -0.402 e. The van der Waals surface area contributed by atoms with Crippen molar-refractivity contribution in [3.63, 3.8) is 0 Å². The van der Waals surface area contributed by atoms with E-state index in [2.05, 4.69) is 103 Å². The van der Waals surface area contributed by atoms with E-state index in [1.54, 1.807) is 0 Å². The van der Waals surface area contributed by atoms with Crippen molar-refractivity contribution in [3.8, 4) is 0 Å². The van der Waals surface area contributed by atoms with Gasteiger partial charge in [-0.2, -0.15) is 0 Å². The van der Waals surface area contributed by atoms with Crippen LogP contribution >= 0.6 is 0 Å². The second-order valence-corrected chi connectivity index (χ2v) is 6.44. The third-order valence-electron chi connectivity index (χ3n) is 5.11. The van der Waals surface area contributed by atoms with Crippen LogP contribution in [0.15, 0.2) is 115 Å². The molecule has 3 aromatic carbocycles. The van der Waals surface area contributed by atoms with Crippen LogP contribution in [0.2, 0.25) is 0 Å². The summed E-state index contributed by atoms with van der Waals surface area (Å²) in [6, 6.07) is 32.1. The van der Waals surface area contributed by atoms with Gasteiger partial charge in [0.25, 0.3) is 0 Å². The molecule has 0 aliphatic heterocycles. The molecule has 0 spiro atoms. The molecule has 0 bridgehead atoms. The van der Waals surface area contributed by atoms with Crippen LogP contribution < -0.4 is 5.73 Å². The molecule has 25 heavy (non-hydrogen) atoms. The fraction of sp³-hybridized carbons (Fsp3) is 0.0833. The highest BCUT2D eigenvalue weighted by Gasteiger charge is 2.44. The molecule has 0 amide bonds. The van der Waals surface area contributed by atoms with Crippen LogP contribution in [0, 0.1) is 5.92 Å². The Morgan fingerprint density at radius 1 is 0.600 bits per heavy atom. The molecule has 0 fully saturated rings. The van der Waals surface area contributed by atoms with E-state index in [-0.39, 0.29) is 11.3 Å². The molecule has 2 N–H and O–H groups in total. The molecule has 1 aliphatic rings. The highest BCUT2D eigenvalue weighted by molar-refractivity contribution is 5.55. The van der Waals surface area contributed by atoms with Crippen LogP contribution in [-0.4, -0.2) is 0 Å². The van der Waals surface area contributed by atoms with E-state index in [0.717, 1.165) is 5.70 Å². The van der Waals surface area contributed by atoms with E-state index in [9.17, 15) is 0 Å². The maximum absolute atomic E-state index is 6.48. The lowest BCUT2D eigenvalue weighted by atomic mass is 9.61. The molecule has 3 aromatic rings. The molecular weight excluding hydrogens is 302 g/mol. The Morgan fingerprint density at radius 3 is 1.32 bits per heavy atom. The topological polar surface area (TPSA) is 26.0 Å². The molecule has 0 saturated heterocycles. The predicted molar refractivity (Wildman–Crippen MR) is 104 cm³/mol. The zero-order valence-electron chi connectivity index (χ0n) is 14.0. The zero-order chi connectivity index (χ0) is 17.1.